The third-order valence-electron chi connectivity index (χ3n) is 3.47. The number of hydrogen-bond acceptors (Lipinski definition) is 4. The number of carbonyl (C=O) groups excluding carboxylic acids is 1. The fourth-order valence-electron chi connectivity index (χ4n) is 2.28. The molecule has 0 aliphatic heterocycles. The third kappa shape index (κ3) is 5.85. The number of ether oxygens (including phenoxy) is 1. The average molecular weight is 349 g/mol. The molecule has 0 spiro atoms. The number of halogens is 1. The van der Waals surface area contributed by atoms with Crippen molar-refractivity contribution in [2.24, 2.45) is 5.73 Å². The molecule has 2 aromatic carbocycles. The Morgan fingerprint density at radius 1 is 1.25 bits per heavy atom. The summed E-state index contributed by atoms with van der Waals surface area (Å²) in [5.74, 6) is 0.395. The Balaban J connectivity index is 1.91. The molecule has 0 saturated carbocycles. The van der Waals surface area contributed by atoms with Gasteiger partial charge in [0.15, 0.2) is 0 Å². The first-order chi connectivity index (χ1) is 11.4. The molecule has 2 rings (SSSR count). The molecule has 0 bridgehead atoms. The summed E-state index contributed by atoms with van der Waals surface area (Å²) >= 11 is 5.94. The molecule has 6 heteroatoms. The number of carbonyl (C=O) groups is 1. The molecule has 0 radical (unpaired) electrons. The Kier molecular flexibility index (Phi) is 6.20. The highest BCUT2D eigenvalue weighted by Crippen LogP contribution is 2.19. The van der Waals surface area contributed by atoms with E-state index in [-0.39, 0.29) is 18.7 Å². The van der Waals surface area contributed by atoms with Gasteiger partial charge in [0, 0.05) is 18.5 Å². The fourth-order valence-corrected chi connectivity index (χ4v) is 2.49. The minimum absolute atomic E-state index is 0.156. The SMILES string of the molecule is CNC(=O)CC(N)(O)Cc1ccc(OCc2cccc(Cl)c2)cc1. The predicted molar refractivity (Wildman–Crippen MR) is 93.8 cm³/mol. The largest absolute Gasteiger partial charge is 0.489 e. The lowest BCUT2D eigenvalue weighted by Gasteiger charge is -2.22. The average Bonchev–Trinajstić information content (AvgIpc) is 2.53. The Labute approximate surface area is 146 Å². The first kappa shape index (κ1) is 18.3. The summed E-state index contributed by atoms with van der Waals surface area (Å²) < 4.78 is 5.70. The number of nitrogens with two attached hydrogens (primary N) is 1. The Morgan fingerprint density at radius 3 is 2.58 bits per heavy atom. The van der Waals surface area contributed by atoms with E-state index in [4.69, 9.17) is 22.1 Å². The Hall–Kier alpha value is -2.08. The van der Waals surface area contributed by atoms with Crippen LogP contribution < -0.4 is 15.8 Å². The standard InChI is InChI=1S/C18H21ClN2O3/c1-21-17(22)11-18(20,23)10-13-5-7-16(8-6-13)24-12-14-3-2-4-15(19)9-14/h2-9,23H,10-12,20H2,1H3,(H,21,22). The van der Waals surface area contributed by atoms with Crippen LogP contribution in [0.15, 0.2) is 48.5 Å². The maximum Gasteiger partial charge on any atom is 0.224 e. The summed E-state index contributed by atoms with van der Waals surface area (Å²) in [5.41, 5.74) is 5.98. The van der Waals surface area contributed by atoms with Gasteiger partial charge in [0.05, 0.1) is 6.42 Å². The van der Waals surface area contributed by atoms with Crippen LogP contribution in [0.25, 0.3) is 0 Å². The first-order valence-corrected chi connectivity index (χ1v) is 7.94. The van der Waals surface area contributed by atoms with Gasteiger partial charge in [-0.25, -0.2) is 0 Å². The molecule has 0 aromatic heterocycles. The van der Waals surface area contributed by atoms with Gasteiger partial charge in [0.2, 0.25) is 5.91 Å². The molecule has 0 saturated heterocycles. The zero-order valence-corrected chi connectivity index (χ0v) is 14.2. The van der Waals surface area contributed by atoms with Gasteiger partial charge in [-0.2, -0.15) is 0 Å². The van der Waals surface area contributed by atoms with Crippen LogP contribution in [-0.4, -0.2) is 23.8 Å². The van der Waals surface area contributed by atoms with E-state index in [2.05, 4.69) is 5.32 Å². The summed E-state index contributed by atoms with van der Waals surface area (Å²) in [6.45, 7) is 0.414. The van der Waals surface area contributed by atoms with Gasteiger partial charge in [0.25, 0.3) is 0 Å². The zero-order valence-electron chi connectivity index (χ0n) is 13.5. The maximum absolute atomic E-state index is 11.3. The van der Waals surface area contributed by atoms with Gasteiger partial charge in [-0.15, -0.1) is 0 Å². The van der Waals surface area contributed by atoms with Crippen LogP contribution in [0.1, 0.15) is 17.5 Å². The normalized spacial score (nSPS) is 13.2. The number of rotatable bonds is 7. The van der Waals surface area contributed by atoms with Gasteiger partial charge < -0.3 is 20.9 Å². The molecule has 2 aromatic rings. The zero-order chi connectivity index (χ0) is 17.6. The molecule has 128 valence electrons. The quantitative estimate of drug-likeness (QED) is 0.670. The second-order valence-electron chi connectivity index (χ2n) is 5.69. The number of hydrogen-bond donors (Lipinski definition) is 3. The van der Waals surface area contributed by atoms with Crippen LogP contribution in [0.5, 0.6) is 5.75 Å². The summed E-state index contributed by atoms with van der Waals surface area (Å²) in [7, 11) is 1.50. The van der Waals surface area contributed by atoms with Crippen molar-refractivity contribution in [3.63, 3.8) is 0 Å². The molecule has 0 aliphatic carbocycles. The molecule has 4 N–H and O–H groups in total. The molecule has 1 unspecified atom stereocenters. The van der Waals surface area contributed by atoms with E-state index in [1.165, 1.54) is 7.05 Å². The lowest BCUT2D eigenvalue weighted by Crippen LogP contribution is -2.45. The van der Waals surface area contributed by atoms with E-state index < -0.39 is 5.72 Å². The number of amides is 1. The third-order valence-corrected chi connectivity index (χ3v) is 3.71. The lowest BCUT2D eigenvalue weighted by atomic mass is 10.00. The summed E-state index contributed by atoms with van der Waals surface area (Å²) in [4.78, 5) is 11.3. The van der Waals surface area contributed by atoms with Crippen LogP contribution in [0.4, 0.5) is 0 Å². The van der Waals surface area contributed by atoms with Crippen molar-refractivity contribution in [1.82, 2.24) is 5.32 Å². The smallest absolute Gasteiger partial charge is 0.224 e. The number of benzene rings is 2. The highest BCUT2D eigenvalue weighted by Gasteiger charge is 2.24. The molecule has 0 fully saturated rings. The van der Waals surface area contributed by atoms with Gasteiger partial charge in [-0.05, 0) is 35.4 Å². The highest BCUT2D eigenvalue weighted by molar-refractivity contribution is 6.30. The van der Waals surface area contributed by atoms with Crippen molar-refractivity contribution in [3.8, 4) is 5.75 Å². The molecule has 0 aliphatic rings. The van der Waals surface area contributed by atoms with Crippen LogP contribution in [0.2, 0.25) is 5.02 Å². The molecule has 1 amide bonds. The lowest BCUT2D eigenvalue weighted by molar-refractivity contribution is -0.125. The van der Waals surface area contributed by atoms with Gasteiger partial charge in [-0.1, -0.05) is 35.9 Å². The number of aliphatic hydroxyl groups is 1. The van der Waals surface area contributed by atoms with E-state index in [9.17, 15) is 9.90 Å². The van der Waals surface area contributed by atoms with E-state index in [0.717, 1.165) is 11.1 Å². The Bertz CT molecular complexity index is 687. The first-order valence-electron chi connectivity index (χ1n) is 7.56. The monoisotopic (exact) mass is 348 g/mol. The topological polar surface area (TPSA) is 84.6 Å². The second-order valence-corrected chi connectivity index (χ2v) is 6.13. The van der Waals surface area contributed by atoms with Crippen molar-refractivity contribution in [2.75, 3.05) is 7.05 Å². The van der Waals surface area contributed by atoms with E-state index in [1.807, 2.05) is 36.4 Å². The van der Waals surface area contributed by atoms with Crippen molar-refractivity contribution < 1.29 is 14.6 Å². The maximum atomic E-state index is 11.3. The molecular weight excluding hydrogens is 328 g/mol. The molecular formula is C18H21ClN2O3. The minimum Gasteiger partial charge on any atom is -0.489 e. The fraction of sp³-hybridized carbons (Fsp3) is 0.278. The van der Waals surface area contributed by atoms with Gasteiger partial charge >= 0.3 is 0 Å². The van der Waals surface area contributed by atoms with E-state index >= 15 is 0 Å². The Morgan fingerprint density at radius 2 is 1.96 bits per heavy atom. The van der Waals surface area contributed by atoms with Crippen LogP contribution in [-0.2, 0) is 17.8 Å². The van der Waals surface area contributed by atoms with Crippen molar-refractivity contribution >= 4 is 17.5 Å². The van der Waals surface area contributed by atoms with Crippen LogP contribution in [0.3, 0.4) is 0 Å². The van der Waals surface area contributed by atoms with Gasteiger partial charge in [-0.3, -0.25) is 4.79 Å². The second kappa shape index (κ2) is 8.15. The molecule has 0 heterocycles. The summed E-state index contributed by atoms with van der Waals surface area (Å²) in [6.07, 6.45) is 0.0194. The minimum atomic E-state index is -1.58. The van der Waals surface area contributed by atoms with Crippen molar-refractivity contribution in [3.05, 3.63) is 64.7 Å². The van der Waals surface area contributed by atoms with E-state index in [0.29, 0.717) is 17.4 Å². The molecule has 5 nitrogen and oxygen atoms in total. The highest BCUT2D eigenvalue weighted by atomic mass is 35.5. The molecule has 24 heavy (non-hydrogen) atoms. The van der Waals surface area contributed by atoms with Crippen molar-refractivity contribution in [2.45, 2.75) is 25.2 Å². The molecule has 1 atom stereocenters. The van der Waals surface area contributed by atoms with Crippen LogP contribution in [0, 0.1) is 0 Å². The summed E-state index contributed by atoms with van der Waals surface area (Å²) in [6, 6.07) is 14.7. The number of nitrogens with one attached hydrogen (secondary N) is 1. The predicted octanol–water partition coefficient (Wildman–Crippen LogP) is 2.24. The van der Waals surface area contributed by atoms with E-state index in [1.54, 1.807) is 12.1 Å². The summed E-state index contributed by atoms with van der Waals surface area (Å²) in [5, 5.41) is 13.2. The van der Waals surface area contributed by atoms with Gasteiger partial charge in [0.1, 0.15) is 18.1 Å². The van der Waals surface area contributed by atoms with Crippen molar-refractivity contribution in [1.29, 1.82) is 0 Å². The van der Waals surface area contributed by atoms with Crippen LogP contribution >= 0.6 is 11.6 Å².